The molecule has 0 aliphatic rings. The third-order valence-corrected chi connectivity index (χ3v) is 4.99. The van der Waals surface area contributed by atoms with E-state index in [1.165, 1.54) is 12.1 Å². The van der Waals surface area contributed by atoms with E-state index in [9.17, 15) is 14.4 Å². The molecule has 2 aromatic carbocycles. The number of hydrogen-bond donors (Lipinski definition) is 1. The van der Waals surface area contributed by atoms with Crippen molar-refractivity contribution >= 4 is 34.4 Å². The van der Waals surface area contributed by atoms with Crippen LogP contribution in [0.1, 0.15) is 29.3 Å². The largest absolute Gasteiger partial charge is 0.479 e. The Kier molecular flexibility index (Phi) is 8.08. The van der Waals surface area contributed by atoms with Crippen molar-refractivity contribution in [1.29, 1.82) is 0 Å². The maximum Gasteiger partial charge on any atom is 0.352 e. The minimum absolute atomic E-state index is 0.106. The number of benzene rings is 2. The second-order valence-corrected chi connectivity index (χ2v) is 7.78. The molecule has 3 rings (SSSR count). The molecule has 1 N–H and O–H groups in total. The van der Waals surface area contributed by atoms with Gasteiger partial charge in [-0.2, -0.15) is 0 Å². The fourth-order valence-corrected chi connectivity index (χ4v) is 3.24. The van der Waals surface area contributed by atoms with E-state index in [2.05, 4.69) is 5.32 Å². The van der Waals surface area contributed by atoms with Crippen molar-refractivity contribution in [3.63, 3.8) is 0 Å². The van der Waals surface area contributed by atoms with Crippen LogP contribution in [-0.2, 0) is 9.53 Å². The van der Waals surface area contributed by atoms with Crippen molar-refractivity contribution in [2.24, 2.45) is 0 Å². The highest BCUT2D eigenvalue weighted by Gasteiger charge is 2.19. The first-order valence-electron chi connectivity index (χ1n) is 10.3. The Hall–Kier alpha value is -3.36. The Labute approximate surface area is 195 Å². The van der Waals surface area contributed by atoms with Crippen molar-refractivity contribution in [3.8, 4) is 11.5 Å². The first-order valence-corrected chi connectivity index (χ1v) is 10.7. The molecule has 1 atom stereocenters. The van der Waals surface area contributed by atoms with Crippen LogP contribution in [0.15, 0.2) is 51.7 Å². The molecule has 0 aliphatic heterocycles. The molecule has 1 unspecified atom stereocenters. The summed E-state index contributed by atoms with van der Waals surface area (Å²) in [6.45, 7) is 4.25. The zero-order chi connectivity index (χ0) is 24.0. The topological polar surface area (TPSA) is 104 Å². The predicted molar refractivity (Wildman–Crippen MR) is 123 cm³/mol. The molecule has 0 aliphatic carbocycles. The highest BCUT2D eigenvalue weighted by Crippen LogP contribution is 2.24. The summed E-state index contributed by atoms with van der Waals surface area (Å²) in [6.07, 6.45) is -0.271. The number of fused-ring (bicyclic) bond motifs is 1. The molecular formula is C24H24ClNO7. The molecule has 174 valence electrons. The van der Waals surface area contributed by atoms with Gasteiger partial charge < -0.3 is 23.9 Å². The molecule has 0 saturated carbocycles. The van der Waals surface area contributed by atoms with Crippen LogP contribution in [0.25, 0.3) is 11.0 Å². The summed E-state index contributed by atoms with van der Waals surface area (Å²) in [5, 5.41) is 3.73. The summed E-state index contributed by atoms with van der Waals surface area (Å²) < 4.78 is 21.2. The van der Waals surface area contributed by atoms with E-state index in [0.29, 0.717) is 35.7 Å². The first kappa shape index (κ1) is 24.3. The van der Waals surface area contributed by atoms with Gasteiger partial charge in [-0.3, -0.25) is 4.79 Å². The van der Waals surface area contributed by atoms with Crippen LogP contribution in [0.2, 0.25) is 5.02 Å². The van der Waals surface area contributed by atoms with Crippen LogP contribution in [0, 0.1) is 6.92 Å². The lowest BCUT2D eigenvalue weighted by Gasteiger charge is -2.15. The maximum absolute atomic E-state index is 12.5. The van der Waals surface area contributed by atoms with Crippen LogP contribution in [-0.4, -0.2) is 38.2 Å². The van der Waals surface area contributed by atoms with E-state index in [1.807, 2.05) is 6.92 Å². The fourth-order valence-electron chi connectivity index (χ4n) is 3.01. The van der Waals surface area contributed by atoms with Gasteiger partial charge in [0.25, 0.3) is 5.91 Å². The van der Waals surface area contributed by atoms with Crippen LogP contribution in [0.4, 0.5) is 0 Å². The van der Waals surface area contributed by atoms with E-state index < -0.39 is 23.6 Å². The molecule has 3 aromatic rings. The highest BCUT2D eigenvalue weighted by molar-refractivity contribution is 6.30. The normalized spacial score (nSPS) is 11.8. The van der Waals surface area contributed by atoms with Crippen molar-refractivity contribution in [2.45, 2.75) is 26.4 Å². The first-order chi connectivity index (χ1) is 15.8. The highest BCUT2D eigenvalue weighted by atomic mass is 35.5. The molecule has 0 spiro atoms. The molecule has 8 nitrogen and oxygen atoms in total. The molecule has 1 heterocycles. The summed E-state index contributed by atoms with van der Waals surface area (Å²) in [6, 6.07) is 11.1. The van der Waals surface area contributed by atoms with E-state index in [4.69, 9.17) is 30.2 Å². The summed E-state index contributed by atoms with van der Waals surface area (Å²) in [7, 11) is 1.57. The third-order valence-electron chi connectivity index (χ3n) is 4.75. The number of amides is 1. The molecule has 0 radical (unpaired) electrons. The zero-order valence-electron chi connectivity index (χ0n) is 18.5. The summed E-state index contributed by atoms with van der Waals surface area (Å²) in [4.78, 5) is 37.0. The average Bonchev–Trinajstić information content (AvgIpc) is 2.77. The van der Waals surface area contributed by atoms with Crippen LogP contribution < -0.4 is 20.4 Å². The van der Waals surface area contributed by atoms with Crippen molar-refractivity contribution in [1.82, 2.24) is 5.32 Å². The third kappa shape index (κ3) is 6.34. The number of carbonyl (C=O) groups is 2. The van der Waals surface area contributed by atoms with Gasteiger partial charge in [0.2, 0.25) is 0 Å². The fraction of sp³-hybridized carbons (Fsp3) is 0.292. The number of methoxy groups -OCH3 is 1. The molecule has 0 fully saturated rings. The van der Waals surface area contributed by atoms with Crippen LogP contribution in [0.5, 0.6) is 11.5 Å². The second-order valence-electron chi connectivity index (χ2n) is 7.34. The second kappa shape index (κ2) is 11.0. The molecular weight excluding hydrogens is 450 g/mol. The van der Waals surface area contributed by atoms with E-state index in [0.717, 1.165) is 5.56 Å². The van der Waals surface area contributed by atoms with E-state index in [-0.39, 0.29) is 16.9 Å². The molecule has 1 amide bonds. The number of halogens is 1. The van der Waals surface area contributed by atoms with Gasteiger partial charge in [0.15, 0.2) is 6.10 Å². The lowest BCUT2D eigenvalue weighted by molar-refractivity contribution is -0.141. The van der Waals surface area contributed by atoms with Gasteiger partial charge in [-0.25, -0.2) is 9.59 Å². The Balaban J connectivity index is 1.69. The van der Waals surface area contributed by atoms with Crippen molar-refractivity contribution in [2.75, 3.05) is 20.3 Å². The minimum Gasteiger partial charge on any atom is -0.479 e. The Morgan fingerprint density at radius 1 is 1.15 bits per heavy atom. The lowest BCUT2D eigenvalue weighted by atomic mass is 10.1. The van der Waals surface area contributed by atoms with E-state index in [1.54, 1.807) is 44.4 Å². The summed E-state index contributed by atoms with van der Waals surface area (Å²) in [5.74, 6) is -0.462. The Morgan fingerprint density at radius 3 is 2.67 bits per heavy atom. The van der Waals surface area contributed by atoms with Gasteiger partial charge in [-0.05, 0) is 62.2 Å². The molecule has 33 heavy (non-hydrogen) atoms. The minimum atomic E-state index is -0.892. The number of rotatable bonds is 9. The number of hydrogen-bond acceptors (Lipinski definition) is 7. The number of aryl methyl sites for hydroxylation is 1. The Bertz CT molecular complexity index is 1220. The van der Waals surface area contributed by atoms with Gasteiger partial charge in [0.05, 0.1) is 0 Å². The summed E-state index contributed by atoms with van der Waals surface area (Å²) >= 11 is 5.94. The molecule has 0 bridgehead atoms. The van der Waals surface area contributed by atoms with Gasteiger partial charge in [-0.15, -0.1) is 0 Å². The van der Waals surface area contributed by atoms with Gasteiger partial charge in [0, 0.05) is 36.7 Å². The Morgan fingerprint density at radius 2 is 1.94 bits per heavy atom. The molecule has 0 saturated heterocycles. The SMILES string of the molecule is COCCCNC(=O)c1cc2ccc(OC(=O)C(C)Oc3ccc(Cl)cc3C)cc2oc1=O. The van der Waals surface area contributed by atoms with Crippen LogP contribution in [0.3, 0.4) is 0 Å². The van der Waals surface area contributed by atoms with Gasteiger partial charge >= 0.3 is 11.6 Å². The smallest absolute Gasteiger partial charge is 0.352 e. The number of esters is 1. The standard InChI is InChI=1S/C24H24ClNO7/c1-14-11-17(25)6-8-20(14)31-15(2)23(28)32-18-7-5-16-12-19(24(29)33-21(16)13-18)22(27)26-9-4-10-30-3/h5-8,11-13,15H,4,9-10H2,1-3H3,(H,26,27). The van der Waals surface area contributed by atoms with Crippen LogP contribution >= 0.6 is 11.6 Å². The van der Waals surface area contributed by atoms with E-state index >= 15 is 0 Å². The molecule has 1 aromatic heterocycles. The zero-order valence-corrected chi connectivity index (χ0v) is 19.2. The quantitative estimate of drug-likeness (QED) is 0.217. The van der Waals surface area contributed by atoms with Crippen molar-refractivity contribution in [3.05, 3.63) is 69.0 Å². The van der Waals surface area contributed by atoms with Gasteiger partial charge in [-0.1, -0.05) is 11.6 Å². The van der Waals surface area contributed by atoms with Gasteiger partial charge in [0.1, 0.15) is 22.6 Å². The maximum atomic E-state index is 12.5. The lowest BCUT2D eigenvalue weighted by Crippen LogP contribution is -2.29. The van der Waals surface area contributed by atoms with Crippen molar-refractivity contribution < 1.29 is 28.2 Å². The average molecular weight is 474 g/mol. The predicted octanol–water partition coefficient (Wildman–Crippen LogP) is 3.89. The number of nitrogens with one attached hydrogen (secondary N) is 1. The number of ether oxygens (including phenoxy) is 3. The monoisotopic (exact) mass is 473 g/mol. The molecule has 9 heteroatoms. The number of carbonyl (C=O) groups excluding carboxylic acids is 2. The summed E-state index contributed by atoms with van der Waals surface area (Å²) in [5.41, 5.74) is 0.0756.